The van der Waals surface area contributed by atoms with Crippen molar-refractivity contribution in [3.05, 3.63) is 23.8 Å². The van der Waals surface area contributed by atoms with E-state index in [9.17, 15) is 4.79 Å². The molecule has 1 rings (SSSR count). The fraction of sp³-hybridized carbons (Fsp3) is 0.500. The van der Waals surface area contributed by atoms with E-state index in [2.05, 4.69) is 24.5 Å². The summed E-state index contributed by atoms with van der Waals surface area (Å²) >= 11 is 0. The molecule has 4 heteroatoms. The van der Waals surface area contributed by atoms with Gasteiger partial charge in [-0.1, -0.05) is 13.8 Å². The molecule has 0 spiro atoms. The van der Waals surface area contributed by atoms with Crippen molar-refractivity contribution < 1.29 is 9.53 Å². The second-order valence-corrected chi connectivity index (χ2v) is 4.75. The first-order valence-corrected chi connectivity index (χ1v) is 6.22. The highest BCUT2D eigenvalue weighted by molar-refractivity contribution is 5.89. The molecule has 0 heterocycles. The summed E-state index contributed by atoms with van der Waals surface area (Å²) in [4.78, 5) is 11.6. The van der Waals surface area contributed by atoms with Gasteiger partial charge in [0.15, 0.2) is 0 Å². The molecule has 1 aromatic rings. The summed E-state index contributed by atoms with van der Waals surface area (Å²) in [5.41, 5.74) is 1.77. The Morgan fingerprint density at radius 2 is 2.11 bits per heavy atom. The molecule has 2 amide bonds. The summed E-state index contributed by atoms with van der Waals surface area (Å²) in [6.07, 6.45) is 0.981. The van der Waals surface area contributed by atoms with Crippen LogP contribution in [0.3, 0.4) is 0 Å². The molecule has 0 aromatic heterocycles. The van der Waals surface area contributed by atoms with Crippen LogP contribution in [0.25, 0.3) is 0 Å². The molecular formula is C14H22N2O2. The first kappa shape index (κ1) is 14.4. The van der Waals surface area contributed by atoms with E-state index in [0.29, 0.717) is 12.5 Å². The van der Waals surface area contributed by atoms with Gasteiger partial charge in [-0.05, 0) is 43.0 Å². The van der Waals surface area contributed by atoms with Gasteiger partial charge in [0.2, 0.25) is 0 Å². The third-order valence-corrected chi connectivity index (χ3v) is 2.66. The number of anilines is 1. The van der Waals surface area contributed by atoms with Crippen LogP contribution in [-0.4, -0.2) is 19.7 Å². The van der Waals surface area contributed by atoms with Gasteiger partial charge in [-0.3, -0.25) is 0 Å². The standard InChI is InChI=1S/C14H22N2O2/c1-10(2)7-8-15-14(17)16-12-5-6-13(18-4)11(3)9-12/h5-6,9-10H,7-8H2,1-4H3,(H2,15,16,17). The number of aryl methyl sites for hydroxylation is 1. The molecule has 0 aliphatic carbocycles. The van der Waals surface area contributed by atoms with E-state index in [-0.39, 0.29) is 6.03 Å². The molecule has 1 aromatic carbocycles. The molecule has 0 unspecified atom stereocenters. The number of hydrogen-bond acceptors (Lipinski definition) is 2. The van der Waals surface area contributed by atoms with Crippen LogP contribution in [0.15, 0.2) is 18.2 Å². The maximum Gasteiger partial charge on any atom is 0.319 e. The Morgan fingerprint density at radius 1 is 1.39 bits per heavy atom. The van der Waals surface area contributed by atoms with E-state index in [1.807, 2.05) is 25.1 Å². The normalized spacial score (nSPS) is 10.3. The van der Waals surface area contributed by atoms with Gasteiger partial charge in [0, 0.05) is 12.2 Å². The van der Waals surface area contributed by atoms with E-state index in [0.717, 1.165) is 23.4 Å². The maximum atomic E-state index is 11.6. The van der Waals surface area contributed by atoms with E-state index in [1.54, 1.807) is 7.11 Å². The third kappa shape index (κ3) is 4.65. The molecule has 0 fully saturated rings. The van der Waals surface area contributed by atoms with Gasteiger partial charge >= 0.3 is 6.03 Å². The summed E-state index contributed by atoms with van der Waals surface area (Å²) in [5, 5.41) is 5.63. The second-order valence-electron chi connectivity index (χ2n) is 4.75. The Morgan fingerprint density at radius 3 is 2.67 bits per heavy atom. The Bertz CT molecular complexity index is 403. The molecule has 0 radical (unpaired) electrons. The van der Waals surface area contributed by atoms with Gasteiger partial charge in [0.1, 0.15) is 5.75 Å². The van der Waals surface area contributed by atoms with Crippen LogP contribution in [0.4, 0.5) is 10.5 Å². The molecule has 0 saturated carbocycles. The zero-order chi connectivity index (χ0) is 13.5. The monoisotopic (exact) mass is 250 g/mol. The molecule has 4 nitrogen and oxygen atoms in total. The minimum absolute atomic E-state index is 0.166. The summed E-state index contributed by atoms with van der Waals surface area (Å²) in [6, 6.07) is 5.40. The molecule has 0 aliphatic rings. The molecular weight excluding hydrogens is 228 g/mol. The van der Waals surface area contributed by atoms with Crippen molar-refractivity contribution in [1.29, 1.82) is 0 Å². The number of carbonyl (C=O) groups is 1. The Kier molecular flexibility index (Phi) is 5.49. The molecule has 0 atom stereocenters. The zero-order valence-corrected chi connectivity index (χ0v) is 11.5. The molecule has 2 N–H and O–H groups in total. The van der Waals surface area contributed by atoms with Crippen molar-refractivity contribution in [2.24, 2.45) is 5.92 Å². The number of carbonyl (C=O) groups excluding carboxylic acids is 1. The van der Waals surface area contributed by atoms with E-state index in [4.69, 9.17) is 4.74 Å². The molecule has 18 heavy (non-hydrogen) atoms. The number of benzene rings is 1. The lowest BCUT2D eigenvalue weighted by Gasteiger charge is -2.10. The Balaban J connectivity index is 2.47. The lowest BCUT2D eigenvalue weighted by atomic mass is 10.1. The van der Waals surface area contributed by atoms with Crippen LogP contribution in [0.5, 0.6) is 5.75 Å². The topological polar surface area (TPSA) is 50.4 Å². The van der Waals surface area contributed by atoms with Gasteiger partial charge in [0.25, 0.3) is 0 Å². The highest BCUT2D eigenvalue weighted by atomic mass is 16.5. The number of nitrogens with one attached hydrogen (secondary N) is 2. The maximum absolute atomic E-state index is 11.6. The van der Waals surface area contributed by atoms with Crippen molar-refractivity contribution in [2.45, 2.75) is 27.2 Å². The van der Waals surface area contributed by atoms with Crippen molar-refractivity contribution in [3.63, 3.8) is 0 Å². The van der Waals surface area contributed by atoms with Gasteiger partial charge in [0.05, 0.1) is 7.11 Å². The van der Waals surface area contributed by atoms with Crippen LogP contribution in [0.1, 0.15) is 25.8 Å². The predicted molar refractivity (Wildman–Crippen MR) is 74.2 cm³/mol. The number of ether oxygens (including phenoxy) is 1. The predicted octanol–water partition coefficient (Wildman–Crippen LogP) is 3.17. The van der Waals surface area contributed by atoms with Gasteiger partial charge in [-0.25, -0.2) is 4.79 Å². The van der Waals surface area contributed by atoms with Crippen LogP contribution >= 0.6 is 0 Å². The summed E-state index contributed by atoms with van der Waals surface area (Å²) < 4.78 is 5.17. The number of urea groups is 1. The zero-order valence-electron chi connectivity index (χ0n) is 11.5. The Hall–Kier alpha value is -1.71. The van der Waals surface area contributed by atoms with Crippen molar-refractivity contribution in [1.82, 2.24) is 5.32 Å². The van der Waals surface area contributed by atoms with Crippen molar-refractivity contribution in [3.8, 4) is 5.75 Å². The fourth-order valence-corrected chi connectivity index (χ4v) is 1.61. The summed E-state index contributed by atoms with van der Waals surface area (Å²) in [7, 11) is 1.63. The smallest absolute Gasteiger partial charge is 0.319 e. The molecule has 0 saturated heterocycles. The number of rotatable bonds is 5. The quantitative estimate of drug-likeness (QED) is 0.843. The number of methoxy groups -OCH3 is 1. The summed E-state index contributed by atoms with van der Waals surface area (Å²) in [6.45, 7) is 6.90. The number of amides is 2. The average Bonchev–Trinajstić information content (AvgIpc) is 2.28. The highest BCUT2D eigenvalue weighted by Gasteiger charge is 2.04. The summed E-state index contributed by atoms with van der Waals surface area (Å²) in [5.74, 6) is 1.41. The van der Waals surface area contributed by atoms with Crippen LogP contribution in [-0.2, 0) is 0 Å². The first-order valence-electron chi connectivity index (χ1n) is 6.22. The minimum atomic E-state index is -0.166. The fourth-order valence-electron chi connectivity index (χ4n) is 1.61. The van der Waals surface area contributed by atoms with Crippen LogP contribution in [0.2, 0.25) is 0 Å². The number of hydrogen-bond donors (Lipinski definition) is 2. The SMILES string of the molecule is COc1ccc(NC(=O)NCCC(C)C)cc1C. The second kappa shape index (κ2) is 6.89. The molecule has 0 aliphatic heterocycles. The first-order chi connectivity index (χ1) is 8.52. The van der Waals surface area contributed by atoms with Crippen LogP contribution in [0, 0.1) is 12.8 Å². The lowest BCUT2D eigenvalue weighted by Crippen LogP contribution is -2.30. The van der Waals surface area contributed by atoms with Crippen molar-refractivity contribution >= 4 is 11.7 Å². The van der Waals surface area contributed by atoms with E-state index in [1.165, 1.54) is 0 Å². The molecule has 100 valence electrons. The third-order valence-electron chi connectivity index (χ3n) is 2.66. The van der Waals surface area contributed by atoms with Gasteiger partial charge in [-0.15, -0.1) is 0 Å². The highest BCUT2D eigenvalue weighted by Crippen LogP contribution is 2.21. The van der Waals surface area contributed by atoms with Gasteiger partial charge < -0.3 is 15.4 Å². The molecule has 0 bridgehead atoms. The largest absolute Gasteiger partial charge is 0.496 e. The van der Waals surface area contributed by atoms with Gasteiger partial charge in [-0.2, -0.15) is 0 Å². The average molecular weight is 250 g/mol. The van der Waals surface area contributed by atoms with Crippen LogP contribution < -0.4 is 15.4 Å². The van der Waals surface area contributed by atoms with E-state index >= 15 is 0 Å². The van der Waals surface area contributed by atoms with Crippen molar-refractivity contribution in [2.75, 3.05) is 19.0 Å². The van der Waals surface area contributed by atoms with E-state index < -0.39 is 0 Å². The Labute approximate surface area is 109 Å². The minimum Gasteiger partial charge on any atom is -0.496 e. The lowest BCUT2D eigenvalue weighted by molar-refractivity contribution is 0.251.